The van der Waals surface area contributed by atoms with Gasteiger partial charge in [-0.1, -0.05) is 12.1 Å². The zero-order chi connectivity index (χ0) is 16.1. The smallest absolute Gasteiger partial charge is 0.162 e. The average molecular weight is 315 g/mol. The third-order valence-corrected chi connectivity index (χ3v) is 4.00. The van der Waals surface area contributed by atoms with Crippen molar-refractivity contribution in [1.29, 1.82) is 0 Å². The molecule has 0 unspecified atom stereocenters. The standard InChI is InChI=1S/C17H21N3O3/c1-22-16-5-3-2-4-15(16)17-18-8-13(9-19-17)10-20-6-7-23-12-14(20)11-21/h2-5,8-9,14,21H,6-7,10-12H2,1H3/t14-/m1/s1. The van der Waals surface area contributed by atoms with E-state index in [1.807, 2.05) is 36.7 Å². The maximum absolute atomic E-state index is 9.42. The Morgan fingerprint density at radius 3 is 2.83 bits per heavy atom. The Labute approximate surface area is 135 Å². The van der Waals surface area contributed by atoms with Crippen LogP contribution in [0.1, 0.15) is 5.56 Å². The number of ether oxygens (including phenoxy) is 2. The lowest BCUT2D eigenvalue weighted by atomic mass is 10.1. The lowest BCUT2D eigenvalue weighted by Crippen LogP contribution is -2.46. The number of benzene rings is 1. The van der Waals surface area contributed by atoms with Crippen LogP contribution in [-0.2, 0) is 11.3 Å². The van der Waals surface area contributed by atoms with Crippen molar-refractivity contribution in [3.8, 4) is 17.1 Å². The summed E-state index contributed by atoms with van der Waals surface area (Å²) in [6.45, 7) is 2.87. The van der Waals surface area contributed by atoms with Gasteiger partial charge in [-0.3, -0.25) is 4.90 Å². The summed E-state index contributed by atoms with van der Waals surface area (Å²) in [5.41, 5.74) is 1.89. The molecule has 0 spiro atoms. The quantitative estimate of drug-likeness (QED) is 0.898. The van der Waals surface area contributed by atoms with Crippen molar-refractivity contribution in [2.75, 3.05) is 33.5 Å². The molecule has 1 aliphatic rings. The van der Waals surface area contributed by atoms with Gasteiger partial charge in [0, 0.05) is 31.0 Å². The van der Waals surface area contributed by atoms with E-state index in [1.165, 1.54) is 0 Å². The number of para-hydroxylation sites is 1. The second kappa shape index (κ2) is 7.50. The molecule has 0 bridgehead atoms. The van der Waals surface area contributed by atoms with Gasteiger partial charge < -0.3 is 14.6 Å². The van der Waals surface area contributed by atoms with Gasteiger partial charge >= 0.3 is 0 Å². The summed E-state index contributed by atoms with van der Waals surface area (Å²) in [4.78, 5) is 11.1. The minimum atomic E-state index is 0.0395. The lowest BCUT2D eigenvalue weighted by Gasteiger charge is -2.34. The SMILES string of the molecule is COc1ccccc1-c1ncc(CN2CCOC[C@H]2CO)cn1. The van der Waals surface area contributed by atoms with Crippen LogP contribution in [-0.4, -0.2) is 59.5 Å². The first-order chi connectivity index (χ1) is 11.3. The number of aliphatic hydroxyl groups is 1. The average Bonchev–Trinajstić information content (AvgIpc) is 2.63. The first-order valence-corrected chi connectivity index (χ1v) is 7.68. The van der Waals surface area contributed by atoms with E-state index in [-0.39, 0.29) is 12.6 Å². The summed E-state index contributed by atoms with van der Waals surface area (Å²) in [6, 6.07) is 7.74. The molecule has 3 rings (SSSR count). The van der Waals surface area contributed by atoms with Crippen LogP contribution >= 0.6 is 0 Å². The van der Waals surface area contributed by atoms with Gasteiger partial charge in [-0.05, 0) is 12.1 Å². The number of nitrogens with zero attached hydrogens (tertiary/aromatic N) is 3. The molecule has 1 aliphatic heterocycles. The molecule has 1 N–H and O–H groups in total. The highest BCUT2D eigenvalue weighted by atomic mass is 16.5. The van der Waals surface area contributed by atoms with E-state index >= 15 is 0 Å². The highest BCUT2D eigenvalue weighted by Gasteiger charge is 2.22. The Morgan fingerprint density at radius 2 is 2.09 bits per heavy atom. The van der Waals surface area contributed by atoms with Crippen molar-refractivity contribution in [1.82, 2.24) is 14.9 Å². The molecule has 1 fully saturated rings. The predicted molar refractivity (Wildman–Crippen MR) is 86.1 cm³/mol. The van der Waals surface area contributed by atoms with E-state index in [1.54, 1.807) is 7.11 Å². The molecule has 122 valence electrons. The van der Waals surface area contributed by atoms with Gasteiger partial charge in [0.1, 0.15) is 5.75 Å². The van der Waals surface area contributed by atoms with E-state index in [9.17, 15) is 5.11 Å². The highest BCUT2D eigenvalue weighted by Crippen LogP contribution is 2.26. The molecular formula is C17H21N3O3. The summed E-state index contributed by atoms with van der Waals surface area (Å²) in [5.74, 6) is 1.40. The fraction of sp³-hybridized carbons (Fsp3) is 0.412. The van der Waals surface area contributed by atoms with Crippen LogP contribution in [0.3, 0.4) is 0 Å². The van der Waals surface area contributed by atoms with Crippen molar-refractivity contribution in [2.24, 2.45) is 0 Å². The second-order valence-electron chi connectivity index (χ2n) is 5.50. The molecule has 0 radical (unpaired) electrons. The van der Waals surface area contributed by atoms with E-state index in [0.717, 1.165) is 23.4 Å². The number of rotatable bonds is 5. The number of hydrogen-bond acceptors (Lipinski definition) is 6. The van der Waals surface area contributed by atoms with Crippen LogP contribution in [0, 0.1) is 0 Å². The summed E-state index contributed by atoms with van der Waals surface area (Å²) < 4.78 is 10.7. The summed E-state index contributed by atoms with van der Waals surface area (Å²) in [7, 11) is 1.64. The normalized spacial score (nSPS) is 18.8. The number of methoxy groups -OCH3 is 1. The molecule has 0 saturated carbocycles. The molecule has 6 heteroatoms. The minimum absolute atomic E-state index is 0.0395. The summed E-state index contributed by atoms with van der Waals surface area (Å²) in [5, 5.41) is 9.42. The zero-order valence-corrected chi connectivity index (χ0v) is 13.2. The lowest BCUT2D eigenvalue weighted by molar-refractivity contribution is -0.0313. The number of aliphatic hydroxyl groups excluding tert-OH is 1. The van der Waals surface area contributed by atoms with Gasteiger partial charge in [0.25, 0.3) is 0 Å². The van der Waals surface area contributed by atoms with Crippen LogP contribution in [0.25, 0.3) is 11.4 Å². The number of hydrogen-bond donors (Lipinski definition) is 1. The fourth-order valence-electron chi connectivity index (χ4n) is 2.70. The Morgan fingerprint density at radius 1 is 1.30 bits per heavy atom. The molecule has 23 heavy (non-hydrogen) atoms. The van der Waals surface area contributed by atoms with Gasteiger partial charge in [-0.2, -0.15) is 0 Å². The second-order valence-corrected chi connectivity index (χ2v) is 5.50. The molecule has 2 aromatic rings. The maximum atomic E-state index is 9.42. The molecule has 6 nitrogen and oxygen atoms in total. The number of morpholine rings is 1. The van der Waals surface area contributed by atoms with Gasteiger partial charge in [-0.15, -0.1) is 0 Å². The Kier molecular flexibility index (Phi) is 5.17. The molecule has 1 aromatic carbocycles. The Hall–Kier alpha value is -2.02. The minimum Gasteiger partial charge on any atom is -0.496 e. The van der Waals surface area contributed by atoms with E-state index in [0.29, 0.717) is 25.6 Å². The third kappa shape index (κ3) is 3.67. The number of aromatic nitrogens is 2. The fourth-order valence-corrected chi connectivity index (χ4v) is 2.70. The van der Waals surface area contributed by atoms with Crippen LogP contribution in [0.2, 0.25) is 0 Å². The van der Waals surface area contributed by atoms with Crippen LogP contribution in [0.5, 0.6) is 5.75 Å². The molecule has 1 atom stereocenters. The Bertz CT molecular complexity index is 633. The Balaban J connectivity index is 1.74. The molecule has 1 saturated heterocycles. The summed E-state index contributed by atoms with van der Waals surface area (Å²) in [6.07, 6.45) is 3.66. The largest absolute Gasteiger partial charge is 0.496 e. The van der Waals surface area contributed by atoms with E-state index in [4.69, 9.17) is 9.47 Å². The van der Waals surface area contributed by atoms with Gasteiger partial charge in [0.2, 0.25) is 0 Å². The third-order valence-electron chi connectivity index (χ3n) is 4.00. The first-order valence-electron chi connectivity index (χ1n) is 7.68. The van der Waals surface area contributed by atoms with Crippen LogP contribution in [0.4, 0.5) is 0 Å². The van der Waals surface area contributed by atoms with Crippen molar-refractivity contribution >= 4 is 0 Å². The molecule has 0 amide bonds. The van der Waals surface area contributed by atoms with Crippen molar-refractivity contribution in [3.63, 3.8) is 0 Å². The van der Waals surface area contributed by atoms with Gasteiger partial charge in [0.15, 0.2) is 5.82 Å². The van der Waals surface area contributed by atoms with E-state index < -0.39 is 0 Å². The highest BCUT2D eigenvalue weighted by molar-refractivity contribution is 5.63. The van der Waals surface area contributed by atoms with Crippen LogP contribution < -0.4 is 4.74 Å². The zero-order valence-electron chi connectivity index (χ0n) is 13.2. The predicted octanol–water partition coefficient (Wildman–Crippen LogP) is 1.35. The summed E-state index contributed by atoms with van der Waals surface area (Å²) >= 11 is 0. The molecule has 1 aromatic heterocycles. The van der Waals surface area contributed by atoms with E-state index in [2.05, 4.69) is 14.9 Å². The van der Waals surface area contributed by atoms with Crippen molar-refractivity contribution < 1.29 is 14.6 Å². The van der Waals surface area contributed by atoms with Gasteiger partial charge in [-0.25, -0.2) is 9.97 Å². The van der Waals surface area contributed by atoms with Crippen molar-refractivity contribution in [2.45, 2.75) is 12.6 Å². The first kappa shape index (κ1) is 15.9. The monoisotopic (exact) mass is 315 g/mol. The molecular weight excluding hydrogens is 294 g/mol. The van der Waals surface area contributed by atoms with Gasteiger partial charge in [0.05, 0.1) is 38.5 Å². The topological polar surface area (TPSA) is 67.7 Å². The van der Waals surface area contributed by atoms with Crippen molar-refractivity contribution in [3.05, 3.63) is 42.2 Å². The maximum Gasteiger partial charge on any atom is 0.162 e. The van der Waals surface area contributed by atoms with Crippen LogP contribution in [0.15, 0.2) is 36.7 Å². The molecule has 2 heterocycles. The molecule has 0 aliphatic carbocycles.